The van der Waals surface area contributed by atoms with E-state index < -0.39 is 0 Å². The highest BCUT2D eigenvalue weighted by molar-refractivity contribution is 6.05. The molecule has 7 heteroatoms. The van der Waals surface area contributed by atoms with Crippen LogP contribution < -0.4 is 24.8 Å². The summed E-state index contributed by atoms with van der Waals surface area (Å²) in [7, 11) is 2.95. The van der Waals surface area contributed by atoms with E-state index in [0.717, 1.165) is 5.56 Å². The normalized spacial score (nSPS) is 10.2. The van der Waals surface area contributed by atoms with E-state index in [9.17, 15) is 9.59 Å². The molecule has 0 heterocycles. The van der Waals surface area contributed by atoms with Crippen molar-refractivity contribution < 1.29 is 23.8 Å². The van der Waals surface area contributed by atoms with Gasteiger partial charge in [-0.3, -0.25) is 9.59 Å². The van der Waals surface area contributed by atoms with E-state index in [1.807, 2.05) is 31.2 Å². The van der Waals surface area contributed by atoms with Gasteiger partial charge in [0.2, 0.25) is 0 Å². The van der Waals surface area contributed by atoms with Gasteiger partial charge in [-0.05, 0) is 36.8 Å². The standard InChI is InChI=1S/C24H24N2O5/c1-16-8-7-11-18(12-16)31-15-23(27)25-19-13-22(30-3)20(14-21(19)29-2)26-24(28)17-9-5-4-6-10-17/h4-14H,15H2,1-3H3,(H,25,27)(H,26,28). The van der Waals surface area contributed by atoms with Crippen LogP contribution in [0, 0.1) is 6.92 Å². The zero-order chi connectivity index (χ0) is 22.2. The number of aryl methyl sites for hydroxylation is 1. The Bertz CT molecular complexity index is 1070. The lowest BCUT2D eigenvalue weighted by molar-refractivity contribution is -0.118. The summed E-state index contributed by atoms with van der Waals surface area (Å²) < 4.78 is 16.3. The van der Waals surface area contributed by atoms with Crippen LogP contribution in [0.25, 0.3) is 0 Å². The average Bonchev–Trinajstić information content (AvgIpc) is 2.79. The fourth-order valence-electron chi connectivity index (χ4n) is 2.92. The summed E-state index contributed by atoms with van der Waals surface area (Å²) in [4.78, 5) is 24.9. The van der Waals surface area contributed by atoms with Crippen molar-refractivity contribution in [2.45, 2.75) is 6.92 Å². The Kier molecular flexibility index (Phi) is 7.11. The van der Waals surface area contributed by atoms with Gasteiger partial charge in [-0.25, -0.2) is 0 Å². The highest BCUT2D eigenvalue weighted by Gasteiger charge is 2.16. The summed E-state index contributed by atoms with van der Waals surface area (Å²) in [6.45, 7) is 1.78. The van der Waals surface area contributed by atoms with Crippen molar-refractivity contribution in [1.29, 1.82) is 0 Å². The first-order chi connectivity index (χ1) is 15.0. The molecule has 2 N–H and O–H groups in total. The SMILES string of the molecule is COc1cc(NC(=O)c2ccccc2)c(OC)cc1NC(=O)COc1cccc(C)c1. The van der Waals surface area contributed by atoms with Gasteiger partial charge in [-0.15, -0.1) is 0 Å². The summed E-state index contributed by atoms with van der Waals surface area (Å²) in [5.74, 6) is 0.707. The maximum atomic E-state index is 12.5. The van der Waals surface area contributed by atoms with E-state index in [-0.39, 0.29) is 18.4 Å². The number of hydrogen-bond acceptors (Lipinski definition) is 5. The van der Waals surface area contributed by atoms with Crippen LogP contribution in [0.3, 0.4) is 0 Å². The molecule has 0 aromatic heterocycles. The second-order valence-corrected chi connectivity index (χ2v) is 6.73. The lowest BCUT2D eigenvalue weighted by Crippen LogP contribution is -2.21. The third kappa shape index (κ3) is 5.76. The van der Waals surface area contributed by atoms with Crippen LogP contribution in [0.5, 0.6) is 17.2 Å². The van der Waals surface area contributed by atoms with Gasteiger partial charge >= 0.3 is 0 Å². The Hall–Kier alpha value is -4.00. The Labute approximate surface area is 180 Å². The minimum Gasteiger partial charge on any atom is -0.494 e. The largest absolute Gasteiger partial charge is 0.494 e. The first-order valence-corrected chi connectivity index (χ1v) is 9.62. The minimum atomic E-state index is -0.358. The molecule has 0 spiro atoms. The first-order valence-electron chi connectivity index (χ1n) is 9.62. The third-order valence-electron chi connectivity index (χ3n) is 4.44. The molecule has 0 radical (unpaired) electrons. The van der Waals surface area contributed by atoms with E-state index in [0.29, 0.717) is 34.2 Å². The predicted molar refractivity (Wildman–Crippen MR) is 119 cm³/mol. The molecule has 160 valence electrons. The highest BCUT2D eigenvalue weighted by atomic mass is 16.5. The molecule has 0 aliphatic carbocycles. The summed E-state index contributed by atoms with van der Waals surface area (Å²) in [6, 6.07) is 19.4. The smallest absolute Gasteiger partial charge is 0.262 e. The minimum absolute atomic E-state index is 0.165. The van der Waals surface area contributed by atoms with E-state index in [1.165, 1.54) is 14.2 Å². The molecule has 3 aromatic carbocycles. The Morgan fingerprint density at radius 1 is 0.806 bits per heavy atom. The number of amides is 2. The topological polar surface area (TPSA) is 85.9 Å². The highest BCUT2D eigenvalue weighted by Crippen LogP contribution is 2.36. The molecule has 0 atom stereocenters. The van der Waals surface area contributed by atoms with Crippen LogP contribution in [0.1, 0.15) is 15.9 Å². The Morgan fingerprint density at radius 3 is 2.06 bits per heavy atom. The van der Waals surface area contributed by atoms with Crippen molar-refractivity contribution in [3.8, 4) is 17.2 Å². The molecule has 0 saturated heterocycles. The van der Waals surface area contributed by atoms with Crippen LogP contribution in [0.4, 0.5) is 11.4 Å². The number of carbonyl (C=O) groups is 2. The third-order valence-corrected chi connectivity index (χ3v) is 4.44. The molecular weight excluding hydrogens is 396 g/mol. The monoisotopic (exact) mass is 420 g/mol. The van der Waals surface area contributed by atoms with Gasteiger partial charge in [0.15, 0.2) is 6.61 Å². The van der Waals surface area contributed by atoms with Crippen molar-refractivity contribution in [2.75, 3.05) is 31.5 Å². The molecule has 3 rings (SSSR count). The number of methoxy groups -OCH3 is 2. The maximum absolute atomic E-state index is 12.5. The average molecular weight is 420 g/mol. The number of anilines is 2. The quantitative estimate of drug-likeness (QED) is 0.568. The van der Waals surface area contributed by atoms with Crippen molar-refractivity contribution in [2.24, 2.45) is 0 Å². The van der Waals surface area contributed by atoms with E-state index in [1.54, 1.807) is 42.5 Å². The van der Waals surface area contributed by atoms with Crippen LogP contribution in [-0.2, 0) is 4.79 Å². The molecule has 0 bridgehead atoms. The second kappa shape index (κ2) is 10.2. The summed E-state index contributed by atoms with van der Waals surface area (Å²) in [5, 5.41) is 5.56. The zero-order valence-corrected chi connectivity index (χ0v) is 17.6. The van der Waals surface area contributed by atoms with Crippen LogP contribution in [0.15, 0.2) is 66.7 Å². The lowest BCUT2D eigenvalue weighted by atomic mass is 10.2. The number of rotatable bonds is 8. The molecule has 0 saturated carbocycles. The molecular formula is C24H24N2O5. The van der Waals surface area contributed by atoms with Crippen molar-refractivity contribution in [1.82, 2.24) is 0 Å². The zero-order valence-electron chi connectivity index (χ0n) is 17.6. The molecule has 7 nitrogen and oxygen atoms in total. The number of benzene rings is 3. The maximum Gasteiger partial charge on any atom is 0.262 e. The number of nitrogens with one attached hydrogen (secondary N) is 2. The fourth-order valence-corrected chi connectivity index (χ4v) is 2.92. The molecule has 2 amide bonds. The van der Waals surface area contributed by atoms with Crippen LogP contribution >= 0.6 is 0 Å². The summed E-state index contributed by atoms with van der Waals surface area (Å²) >= 11 is 0. The van der Waals surface area contributed by atoms with Crippen molar-refractivity contribution in [3.63, 3.8) is 0 Å². The molecule has 0 aliphatic rings. The Morgan fingerprint density at radius 2 is 1.45 bits per heavy atom. The molecule has 3 aromatic rings. The Balaban J connectivity index is 1.73. The van der Waals surface area contributed by atoms with Crippen LogP contribution in [-0.4, -0.2) is 32.6 Å². The van der Waals surface area contributed by atoms with E-state index >= 15 is 0 Å². The van der Waals surface area contributed by atoms with Crippen molar-refractivity contribution >= 4 is 23.2 Å². The second-order valence-electron chi connectivity index (χ2n) is 6.73. The first kappa shape index (κ1) is 21.7. The summed E-state index contributed by atoms with van der Waals surface area (Å²) in [5.41, 5.74) is 2.36. The van der Waals surface area contributed by atoms with Crippen molar-refractivity contribution in [3.05, 3.63) is 77.9 Å². The fraction of sp³-hybridized carbons (Fsp3) is 0.167. The molecule has 31 heavy (non-hydrogen) atoms. The molecule has 0 unspecified atom stereocenters. The predicted octanol–water partition coefficient (Wildman–Crippen LogP) is 4.28. The van der Waals surface area contributed by atoms with Gasteiger partial charge in [0.1, 0.15) is 17.2 Å². The van der Waals surface area contributed by atoms with Gasteiger partial charge in [0, 0.05) is 17.7 Å². The van der Waals surface area contributed by atoms with Gasteiger partial charge in [-0.2, -0.15) is 0 Å². The van der Waals surface area contributed by atoms with Gasteiger partial charge in [-0.1, -0.05) is 30.3 Å². The van der Waals surface area contributed by atoms with E-state index in [2.05, 4.69) is 10.6 Å². The van der Waals surface area contributed by atoms with Gasteiger partial charge in [0.25, 0.3) is 11.8 Å². The number of hydrogen-bond donors (Lipinski definition) is 2. The van der Waals surface area contributed by atoms with Gasteiger partial charge < -0.3 is 24.8 Å². The lowest BCUT2D eigenvalue weighted by Gasteiger charge is -2.16. The number of ether oxygens (including phenoxy) is 3. The van der Waals surface area contributed by atoms with E-state index in [4.69, 9.17) is 14.2 Å². The summed E-state index contributed by atoms with van der Waals surface area (Å²) in [6.07, 6.45) is 0. The number of carbonyl (C=O) groups excluding carboxylic acids is 2. The molecule has 0 fully saturated rings. The molecule has 0 aliphatic heterocycles. The van der Waals surface area contributed by atoms with Gasteiger partial charge in [0.05, 0.1) is 25.6 Å². The van der Waals surface area contributed by atoms with Crippen LogP contribution in [0.2, 0.25) is 0 Å².